The van der Waals surface area contributed by atoms with Gasteiger partial charge in [0.1, 0.15) is 5.69 Å². The molecule has 9 nitrogen and oxygen atoms in total. The number of hydrogen-bond donors (Lipinski definition) is 3. The molecule has 1 aromatic rings. The van der Waals surface area contributed by atoms with E-state index in [4.69, 9.17) is 5.73 Å². The summed E-state index contributed by atoms with van der Waals surface area (Å²) in [4.78, 5) is 22.6. The third kappa shape index (κ3) is 6.05. The van der Waals surface area contributed by atoms with E-state index in [9.17, 15) is 23.3 Å². The van der Waals surface area contributed by atoms with E-state index >= 15 is 0 Å². The molecule has 1 aliphatic carbocycles. The highest BCUT2D eigenvalue weighted by atomic mass is 35.5. The zero-order valence-corrected chi connectivity index (χ0v) is 16.6. The van der Waals surface area contributed by atoms with Gasteiger partial charge in [0.2, 0.25) is 5.91 Å². The van der Waals surface area contributed by atoms with Crippen LogP contribution >= 0.6 is 12.4 Å². The van der Waals surface area contributed by atoms with Gasteiger partial charge in [0.05, 0.1) is 9.82 Å². The quantitative estimate of drug-likeness (QED) is 0.326. The SMILES string of the molecule is CS(=O)(=O)c1ccc(NCCNC(=O)[C@@H]2CCC[C@@H]2CN)c([N+](=O)[O-])c1.Cl. The van der Waals surface area contributed by atoms with Crippen molar-refractivity contribution in [1.82, 2.24) is 5.32 Å². The molecular weight excluding hydrogens is 396 g/mol. The van der Waals surface area contributed by atoms with Gasteiger partial charge in [-0.1, -0.05) is 6.42 Å². The average Bonchev–Trinajstić information content (AvgIpc) is 3.06. The van der Waals surface area contributed by atoms with Gasteiger partial charge in [0, 0.05) is 31.3 Å². The molecule has 0 unspecified atom stereocenters. The van der Waals surface area contributed by atoms with E-state index in [0.717, 1.165) is 31.6 Å². The Hall–Kier alpha value is -1.91. The fourth-order valence-corrected chi connectivity index (χ4v) is 3.86. The number of hydrogen-bond acceptors (Lipinski definition) is 7. The zero-order chi connectivity index (χ0) is 19.3. The van der Waals surface area contributed by atoms with Crippen LogP contribution in [0.4, 0.5) is 11.4 Å². The van der Waals surface area contributed by atoms with Gasteiger partial charge in [-0.05, 0) is 37.4 Å². The Labute approximate surface area is 164 Å². The van der Waals surface area contributed by atoms with E-state index in [-0.39, 0.29) is 53.0 Å². The number of sulfone groups is 1. The van der Waals surface area contributed by atoms with Crippen molar-refractivity contribution in [2.24, 2.45) is 17.6 Å². The first kappa shape index (κ1) is 23.1. The number of nitrogens with one attached hydrogen (secondary N) is 2. The Kier molecular flexibility index (Phi) is 8.45. The van der Waals surface area contributed by atoms with Gasteiger partial charge in [0.25, 0.3) is 5.69 Å². The van der Waals surface area contributed by atoms with Gasteiger partial charge < -0.3 is 16.4 Å². The number of nitro groups is 1. The van der Waals surface area contributed by atoms with E-state index in [1.165, 1.54) is 12.1 Å². The highest BCUT2D eigenvalue weighted by Gasteiger charge is 2.31. The highest BCUT2D eigenvalue weighted by molar-refractivity contribution is 7.90. The van der Waals surface area contributed by atoms with Crippen molar-refractivity contribution < 1.29 is 18.1 Å². The van der Waals surface area contributed by atoms with Crippen molar-refractivity contribution in [3.8, 4) is 0 Å². The van der Waals surface area contributed by atoms with Crippen LogP contribution in [0.15, 0.2) is 23.1 Å². The summed E-state index contributed by atoms with van der Waals surface area (Å²) in [7, 11) is -3.53. The van der Waals surface area contributed by atoms with Crippen molar-refractivity contribution in [1.29, 1.82) is 0 Å². The summed E-state index contributed by atoms with van der Waals surface area (Å²) in [5, 5.41) is 16.9. The lowest BCUT2D eigenvalue weighted by Gasteiger charge is -2.17. The smallest absolute Gasteiger partial charge is 0.293 e. The Morgan fingerprint density at radius 2 is 2.04 bits per heavy atom. The third-order valence-corrected chi connectivity index (χ3v) is 5.74. The number of carbonyl (C=O) groups is 1. The second-order valence-corrected chi connectivity index (χ2v) is 8.47. The molecule has 1 amide bonds. The summed E-state index contributed by atoms with van der Waals surface area (Å²) in [6, 6.07) is 3.70. The van der Waals surface area contributed by atoms with Crippen molar-refractivity contribution in [2.45, 2.75) is 24.2 Å². The molecule has 0 spiro atoms. The lowest BCUT2D eigenvalue weighted by molar-refractivity contribution is -0.384. The van der Waals surface area contributed by atoms with Crippen molar-refractivity contribution in [3.05, 3.63) is 28.3 Å². The van der Waals surface area contributed by atoms with Gasteiger partial charge in [-0.15, -0.1) is 12.4 Å². The third-order valence-electron chi connectivity index (χ3n) is 4.63. The van der Waals surface area contributed by atoms with Crippen LogP contribution in [0.2, 0.25) is 0 Å². The van der Waals surface area contributed by atoms with Crippen molar-refractivity contribution in [2.75, 3.05) is 31.2 Å². The zero-order valence-electron chi connectivity index (χ0n) is 15.0. The van der Waals surface area contributed by atoms with E-state index < -0.39 is 14.8 Å². The molecular formula is C16H25ClN4O5S. The normalized spacial score (nSPS) is 19.2. The molecule has 0 heterocycles. The standard InChI is InChI=1S/C16H24N4O5S.ClH/c1-26(24,25)12-5-6-14(15(9-12)20(22)23)18-7-8-19-16(21)13-4-2-3-11(13)10-17;/h5-6,9,11,13,18H,2-4,7-8,10,17H2,1H3,(H,19,21);1H/t11-,13-;/m1./s1. The van der Waals surface area contributed by atoms with E-state index in [1.54, 1.807) is 0 Å². The predicted octanol–water partition coefficient (Wildman–Crippen LogP) is 1.32. The maximum Gasteiger partial charge on any atom is 0.293 e. The first-order valence-electron chi connectivity index (χ1n) is 8.44. The number of anilines is 1. The monoisotopic (exact) mass is 420 g/mol. The largest absolute Gasteiger partial charge is 0.378 e. The number of rotatable bonds is 8. The molecule has 2 rings (SSSR count). The van der Waals surface area contributed by atoms with Crippen molar-refractivity contribution in [3.63, 3.8) is 0 Å². The van der Waals surface area contributed by atoms with Crippen LogP contribution in [0.1, 0.15) is 19.3 Å². The Morgan fingerprint density at radius 1 is 1.33 bits per heavy atom. The van der Waals surface area contributed by atoms with Crippen LogP contribution in [0.25, 0.3) is 0 Å². The molecule has 27 heavy (non-hydrogen) atoms. The van der Waals surface area contributed by atoms with Gasteiger partial charge in [0.15, 0.2) is 9.84 Å². The van der Waals surface area contributed by atoms with Gasteiger partial charge >= 0.3 is 0 Å². The molecule has 1 fully saturated rings. The first-order valence-corrected chi connectivity index (χ1v) is 10.3. The molecule has 0 bridgehead atoms. The Morgan fingerprint density at radius 3 is 2.63 bits per heavy atom. The molecule has 2 atom stereocenters. The summed E-state index contributed by atoms with van der Waals surface area (Å²) in [5.74, 6) is 0.109. The van der Waals surface area contributed by atoms with Gasteiger partial charge in [-0.25, -0.2) is 8.42 Å². The van der Waals surface area contributed by atoms with Crippen LogP contribution in [0.3, 0.4) is 0 Å². The second-order valence-electron chi connectivity index (χ2n) is 6.46. The summed E-state index contributed by atoms with van der Waals surface area (Å²) in [6.45, 7) is 1.08. The van der Waals surface area contributed by atoms with Crippen LogP contribution in [0, 0.1) is 22.0 Å². The molecule has 0 aromatic heterocycles. The number of halogens is 1. The van der Waals surface area contributed by atoms with E-state index in [0.29, 0.717) is 13.1 Å². The minimum atomic E-state index is -3.53. The summed E-state index contributed by atoms with van der Waals surface area (Å²) >= 11 is 0. The number of amides is 1. The maximum atomic E-state index is 12.2. The molecule has 1 aliphatic rings. The number of nitrogens with two attached hydrogens (primary N) is 1. The Bertz CT molecular complexity index is 787. The molecule has 0 radical (unpaired) electrons. The number of nitro benzene ring substituents is 1. The molecule has 0 saturated heterocycles. The molecule has 1 aromatic carbocycles. The minimum Gasteiger partial charge on any atom is -0.378 e. The van der Waals surface area contributed by atoms with E-state index in [2.05, 4.69) is 10.6 Å². The van der Waals surface area contributed by atoms with Gasteiger partial charge in [-0.2, -0.15) is 0 Å². The molecule has 11 heteroatoms. The topological polar surface area (TPSA) is 144 Å². The second kappa shape index (κ2) is 9.86. The minimum absolute atomic E-state index is 0. The average molecular weight is 421 g/mol. The molecule has 4 N–H and O–H groups in total. The van der Waals surface area contributed by atoms with E-state index in [1.807, 2.05) is 0 Å². The Balaban J connectivity index is 0.00000364. The lowest BCUT2D eigenvalue weighted by Crippen LogP contribution is -2.37. The summed E-state index contributed by atoms with van der Waals surface area (Å²) < 4.78 is 23.1. The fraction of sp³-hybridized carbons (Fsp3) is 0.562. The molecule has 1 saturated carbocycles. The lowest BCUT2D eigenvalue weighted by atomic mass is 9.95. The number of carbonyl (C=O) groups excluding carboxylic acids is 1. The predicted molar refractivity (Wildman–Crippen MR) is 105 cm³/mol. The van der Waals surface area contributed by atoms with Crippen LogP contribution in [-0.2, 0) is 14.6 Å². The van der Waals surface area contributed by atoms with Crippen LogP contribution in [0.5, 0.6) is 0 Å². The first-order chi connectivity index (χ1) is 12.2. The summed E-state index contributed by atoms with van der Waals surface area (Å²) in [5.41, 5.74) is 5.57. The van der Waals surface area contributed by atoms with Crippen LogP contribution in [-0.4, -0.2) is 45.1 Å². The van der Waals surface area contributed by atoms with Gasteiger partial charge in [-0.3, -0.25) is 14.9 Å². The molecule has 152 valence electrons. The number of nitrogens with zero attached hydrogens (tertiary/aromatic N) is 1. The van der Waals surface area contributed by atoms with Crippen LogP contribution < -0.4 is 16.4 Å². The highest BCUT2D eigenvalue weighted by Crippen LogP contribution is 2.31. The number of benzene rings is 1. The summed E-state index contributed by atoms with van der Waals surface area (Å²) in [6.07, 6.45) is 3.79. The fourth-order valence-electron chi connectivity index (χ4n) is 3.22. The molecule has 0 aliphatic heterocycles. The van der Waals surface area contributed by atoms with Crippen molar-refractivity contribution >= 4 is 39.5 Å². The maximum absolute atomic E-state index is 12.2.